The first kappa shape index (κ1) is 15.5. The van der Waals surface area contributed by atoms with Crippen LogP contribution >= 0.6 is 0 Å². The lowest BCUT2D eigenvalue weighted by molar-refractivity contribution is 0.405. The van der Waals surface area contributed by atoms with Crippen LogP contribution in [0.15, 0.2) is 42.5 Å². The molecule has 112 valence electrons. The van der Waals surface area contributed by atoms with Crippen molar-refractivity contribution in [3.05, 3.63) is 65.0 Å². The Morgan fingerprint density at radius 3 is 2.62 bits per heavy atom. The van der Waals surface area contributed by atoms with Crippen molar-refractivity contribution in [3.8, 4) is 5.75 Å². The van der Waals surface area contributed by atoms with Crippen LogP contribution in [-0.4, -0.2) is 20.2 Å². The number of halogens is 1. The Morgan fingerprint density at radius 1 is 1.14 bits per heavy atom. The van der Waals surface area contributed by atoms with E-state index >= 15 is 0 Å². The highest BCUT2D eigenvalue weighted by molar-refractivity contribution is 5.37. The second-order valence-corrected chi connectivity index (χ2v) is 5.34. The monoisotopic (exact) mass is 287 g/mol. The van der Waals surface area contributed by atoms with E-state index in [1.54, 1.807) is 19.2 Å². The number of hydrogen-bond donors (Lipinski definition) is 1. The summed E-state index contributed by atoms with van der Waals surface area (Å²) in [6.07, 6.45) is 1.63. The molecule has 0 fully saturated rings. The van der Waals surface area contributed by atoms with Gasteiger partial charge >= 0.3 is 0 Å². The fourth-order valence-corrected chi connectivity index (χ4v) is 2.56. The molecular formula is C18H22FNO. The molecule has 2 aromatic carbocycles. The van der Waals surface area contributed by atoms with Crippen molar-refractivity contribution in [2.45, 2.75) is 25.8 Å². The average Bonchev–Trinajstić information content (AvgIpc) is 2.47. The van der Waals surface area contributed by atoms with Crippen molar-refractivity contribution in [3.63, 3.8) is 0 Å². The predicted molar refractivity (Wildman–Crippen MR) is 84.4 cm³/mol. The molecule has 1 atom stereocenters. The lowest BCUT2D eigenvalue weighted by Crippen LogP contribution is -2.30. The first-order chi connectivity index (χ1) is 10.1. The average molecular weight is 287 g/mol. The van der Waals surface area contributed by atoms with Crippen molar-refractivity contribution in [2.75, 3.05) is 14.2 Å². The third-order valence-electron chi connectivity index (χ3n) is 3.68. The van der Waals surface area contributed by atoms with E-state index in [4.69, 9.17) is 4.74 Å². The van der Waals surface area contributed by atoms with Crippen LogP contribution < -0.4 is 10.1 Å². The fraction of sp³-hybridized carbons (Fsp3) is 0.333. The van der Waals surface area contributed by atoms with E-state index in [0.717, 1.165) is 24.2 Å². The third kappa shape index (κ3) is 4.30. The lowest BCUT2D eigenvalue weighted by Gasteiger charge is -2.18. The molecule has 0 heterocycles. The number of likely N-dealkylation sites (N-methyl/N-ethyl adjacent to an activating group) is 1. The highest BCUT2D eigenvalue weighted by atomic mass is 19.1. The topological polar surface area (TPSA) is 21.3 Å². The van der Waals surface area contributed by atoms with Crippen LogP contribution in [0.2, 0.25) is 0 Å². The largest absolute Gasteiger partial charge is 0.496 e. The molecule has 0 radical (unpaired) electrons. The van der Waals surface area contributed by atoms with E-state index in [1.165, 1.54) is 17.2 Å². The summed E-state index contributed by atoms with van der Waals surface area (Å²) in [7, 11) is 3.63. The van der Waals surface area contributed by atoms with E-state index in [-0.39, 0.29) is 11.9 Å². The van der Waals surface area contributed by atoms with Crippen molar-refractivity contribution in [1.82, 2.24) is 5.32 Å². The van der Waals surface area contributed by atoms with Gasteiger partial charge in [-0.25, -0.2) is 4.39 Å². The molecule has 2 aromatic rings. The summed E-state index contributed by atoms with van der Waals surface area (Å²) >= 11 is 0. The van der Waals surface area contributed by atoms with Crippen LogP contribution in [0, 0.1) is 12.7 Å². The van der Waals surface area contributed by atoms with Crippen molar-refractivity contribution < 1.29 is 9.13 Å². The van der Waals surface area contributed by atoms with Gasteiger partial charge in [-0.05, 0) is 56.1 Å². The Bertz CT molecular complexity index is 598. The number of hydrogen-bond acceptors (Lipinski definition) is 2. The van der Waals surface area contributed by atoms with Gasteiger partial charge in [-0.1, -0.05) is 29.8 Å². The van der Waals surface area contributed by atoms with Gasteiger partial charge in [0.2, 0.25) is 0 Å². The fourth-order valence-electron chi connectivity index (χ4n) is 2.56. The normalized spacial score (nSPS) is 12.2. The summed E-state index contributed by atoms with van der Waals surface area (Å²) in [4.78, 5) is 0. The zero-order valence-electron chi connectivity index (χ0n) is 12.8. The molecule has 0 spiro atoms. The standard InChI is InChI=1S/C18H22FNO/c1-13-7-8-18(21-3)15(9-13)12-17(20-2)11-14-5-4-6-16(19)10-14/h4-10,17,20H,11-12H2,1-3H3. The zero-order valence-corrected chi connectivity index (χ0v) is 12.8. The van der Waals surface area contributed by atoms with Crippen molar-refractivity contribution >= 4 is 0 Å². The molecule has 1 unspecified atom stereocenters. The van der Waals surface area contributed by atoms with E-state index in [2.05, 4.69) is 18.3 Å². The van der Waals surface area contributed by atoms with E-state index < -0.39 is 0 Å². The minimum absolute atomic E-state index is 0.185. The van der Waals surface area contributed by atoms with Gasteiger partial charge in [-0.15, -0.1) is 0 Å². The lowest BCUT2D eigenvalue weighted by atomic mass is 9.97. The molecule has 0 saturated carbocycles. The number of ether oxygens (including phenoxy) is 1. The number of rotatable bonds is 6. The van der Waals surface area contributed by atoms with Crippen LogP contribution in [0.25, 0.3) is 0 Å². The highest BCUT2D eigenvalue weighted by Crippen LogP contribution is 2.22. The van der Waals surface area contributed by atoms with Gasteiger partial charge in [0.05, 0.1) is 7.11 Å². The zero-order chi connectivity index (χ0) is 15.2. The van der Waals surface area contributed by atoms with Gasteiger partial charge in [0.25, 0.3) is 0 Å². The molecule has 21 heavy (non-hydrogen) atoms. The van der Waals surface area contributed by atoms with Crippen LogP contribution in [0.1, 0.15) is 16.7 Å². The van der Waals surface area contributed by atoms with Crippen LogP contribution in [0.3, 0.4) is 0 Å². The first-order valence-corrected chi connectivity index (χ1v) is 7.17. The summed E-state index contributed by atoms with van der Waals surface area (Å²) in [6.45, 7) is 2.07. The van der Waals surface area contributed by atoms with Gasteiger partial charge in [0.15, 0.2) is 0 Å². The predicted octanol–water partition coefficient (Wildman–Crippen LogP) is 3.52. The van der Waals surface area contributed by atoms with E-state index in [9.17, 15) is 4.39 Å². The smallest absolute Gasteiger partial charge is 0.123 e. The van der Waals surface area contributed by atoms with Gasteiger partial charge in [-0.2, -0.15) is 0 Å². The Hall–Kier alpha value is -1.87. The Balaban J connectivity index is 2.14. The molecular weight excluding hydrogens is 265 g/mol. The number of methoxy groups -OCH3 is 1. The van der Waals surface area contributed by atoms with Gasteiger partial charge in [0.1, 0.15) is 11.6 Å². The minimum atomic E-state index is -0.185. The number of aryl methyl sites for hydroxylation is 1. The highest BCUT2D eigenvalue weighted by Gasteiger charge is 2.12. The molecule has 1 N–H and O–H groups in total. The Labute approximate surface area is 126 Å². The maximum absolute atomic E-state index is 13.3. The molecule has 0 bridgehead atoms. The molecule has 0 aromatic heterocycles. The summed E-state index contributed by atoms with van der Waals surface area (Å²) < 4.78 is 18.7. The van der Waals surface area contributed by atoms with Crippen LogP contribution in [-0.2, 0) is 12.8 Å². The van der Waals surface area contributed by atoms with Gasteiger partial charge < -0.3 is 10.1 Å². The molecule has 2 rings (SSSR count). The van der Waals surface area contributed by atoms with Crippen molar-refractivity contribution in [2.24, 2.45) is 0 Å². The Morgan fingerprint density at radius 2 is 1.95 bits per heavy atom. The minimum Gasteiger partial charge on any atom is -0.496 e. The van der Waals surface area contributed by atoms with E-state index in [1.807, 2.05) is 25.2 Å². The number of nitrogens with one attached hydrogen (secondary N) is 1. The summed E-state index contributed by atoms with van der Waals surface area (Å²) in [5, 5.41) is 3.31. The second kappa shape index (κ2) is 7.23. The van der Waals surface area contributed by atoms with Crippen LogP contribution in [0.4, 0.5) is 4.39 Å². The number of benzene rings is 2. The second-order valence-electron chi connectivity index (χ2n) is 5.34. The van der Waals surface area contributed by atoms with Crippen molar-refractivity contribution in [1.29, 1.82) is 0 Å². The summed E-state index contributed by atoms with van der Waals surface area (Å²) in [5.41, 5.74) is 3.39. The molecule has 3 heteroatoms. The Kier molecular flexibility index (Phi) is 5.34. The summed E-state index contributed by atoms with van der Waals surface area (Å²) in [6, 6.07) is 13.2. The molecule has 0 saturated heterocycles. The molecule has 2 nitrogen and oxygen atoms in total. The van der Waals surface area contributed by atoms with Gasteiger partial charge in [-0.3, -0.25) is 0 Å². The molecule has 0 aliphatic heterocycles. The third-order valence-corrected chi connectivity index (χ3v) is 3.68. The quantitative estimate of drug-likeness (QED) is 0.878. The maximum Gasteiger partial charge on any atom is 0.123 e. The molecule has 0 aliphatic carbocycles. The SMILES string of the molecule is CNC(Cc1cccc(F)c1)Cc1cc(C)ccc1OC. The maximum atomic E-state index is 13.3. The van der Waals surface area contributed by atoms with Gasteiger partial charge in [0, 0.05) is 6.04 Å². The van der Waals surface area contributed by atoms with E-state index in [0.29, 0.717) is 0 Å². The van der Waals surface area contributed by atoms with Crippen LogP contribution in [0.5, 0.6) is 5.75 Å². The first-order valence-electron chi connectivity index (χ1n) is 7.17. The summed E-state index contributed by atoms with van der Waals surface area (Å²) in [5.74, 6) is 0.718. The molecule has 0 amide bonds. The molecule has 0 aliphatic rings.